The number of nitrogens with zero attached hydrogens (tertiary/aromatic N) is 2. The Morgan fingerprint density at radius 1 is 1.11 bits per heavy atom. The van der Waals surface area contributed by atoms with E-state index in [1.54, 1.807) is 20.4 Å². The number of rotatable bonds is 6. The third-order valence-corrected chi connectivity index (χ3v) is 5.89. The van der Waals surface area contributed by atoms with Gasteiger partial charge in [0.1, 0.15) is 0 Å². The first-order chi connectivity index (χ1) is 17.2. The fraction of sp³-hybridized carbons (Fsp3) is 0.682. The number of pyridine rings is 1. The zero-order valence-electron chi connectivity index (χ0n) is 20.3. The second kappa shape index (κ2) is 14.3. The van der Waals surface area contributed by atoms with E-state index < -0.39 is 24.3 Å². The molecule has 0 radical (unpaired) electrons. The molecule has 1 aromatic heterocycles. The van der Waals surface area contributed by atoms with E-state index in [4.69, 9.17) is 34.0 Å². The van der Waals surface area contributed by atoms with Crippen molar-refractivity contribution in [3.8, 4) is 5.88 Å². The highest BCUT2D eigenvalue weighted by atomic mass is 19.4. The molecule has 9 nitrogen and oxygen atoms in total. The van der Waals surface area contributed by atoms with Gasteiger partial charge in [0.15, 0.2) is 0 Å². The maximum absolute atomic E-state index is 10.6. The van der Waals surface area contributed by atoms with E-state index >= 15 is 0 Å². The van der Waals surface area contributed by atoms with E-state index in [1.165, 1.54) is 6.42 Å². The van der Waals surface area contributed by atoms with Gasteiger partial charge >= 0.3 is 24.3 Å². The molecular formula is C22H30F6N2O7. The number of hydrogen-bond donors (Lipinski definition) is 2. The van der Waals surface area contributed by atoms with Gasteiger partial charge in [-0.2, -0.15) is 26.3 Å². The number of carboxylic acid groups (broad SMARTS) is 2. The molecule has 1 atom stereocenters. The maximum atomic E-state index is 10.6. The summed E-state index contributed by atoms with van der Waals surface area (Å²) in [6, 6.07) is 4.08. The Morgan fingerprint density at radius 3 is 2.11 bits per heavy atom. The van der Waals surface area contributed by atoms with Crippen LogP contribution in [0.3, 0.4) is 0 Å². The van der Waals surface area contributed by atoms with Gasteiger partial charge < -0.3 is 24.4 Å². The third kappa shape index (κ3) is 10.7. The molecule has 0 aromatic carbocycles. The van der Waals surface area contributed by atoms with E-state index in [2.05, 4.69) is 16.0 Å². The molecular weight excluding hydrogens is 518 g/mol. The summed E-state index contributed by atoms with van der Waals surface area (Å²) in [6.07, 6.45) is -3.86. The van der Waals surface area contributed by atoms with Crippen LogP contribution in [0.15, 0.2) is 18.3 Å². The predicted molar refractivity (Wildman–Crippen MR) is 116 cm³/mol. The van der Waals surface area contributed by atoms with Gasteiger partial charge in [-0.25, -0.2) is 14.6 Å². The van der Waals surface area contributed by atoms with E-state index in [-0.39, 0.29) is 5.60 Å². The van der Waals surface area contributed by atoms with Gasteiger partial charge in [-0.1, -0.05) is 6.07 Å². The first kappa shape index (κ1) is 32.4. The van der Waals surface area contributed by atoms with E-state index in [9.17, 15) is 26.3 Å². The van der Waals surface area contributed by atoms with Gasteiger partial charge in [-0.3, -0.25) is 4.90 Å². The highest BCUT2D eigenvalue weighted by Gasteiger charge is 2.45. The second-order valence-electron chi connectivity index (χ2n) is 8.23. The first-order valence-electron chi connectivity index (χ1n) is 11.1. The van der Waals surface area contributed by atoms with Gasteiger partial charge in [0.25, 0.3) is 0 Å². The maximum Gasteiger partial charge on any atom is 0.490 e. The summed E-state index contributed by atoms with van der Waals surface area (Å²) in [5, 5.41) is 14.2. The summed E-state index contributed by atoms with van der Waals surface area (Å²) in [6.45, 7) is 4.79. The van der Waals surface area contributed by atoms with Gasteiger partial charge in [0.05, 0.1) is 12.7 Å². The molecule has 2 fully saturated rings. The molecule has 1 unspecified atom stereocenters. The summed E-state index contributed by atoms with van der Waals surface area (Å²) in [5.41, 5.74) is 1.25. The SMILES string of the molecule is COCCC1CCOC12CCN(Cc1cccnc1OC)CC2.O=C(O)C(F)(F)F.O=C(O)C(F)(F)F. The van der Waals surface area contributed by atoms with E-state index in [1.807, 2.05) is 6.07 Å². The van der Waals surface area contributed by atoms with Crippen LogP contribution in [-0.4, -0.2) is 90.5 Å². The fourth-order valence-corrected chi connectivity index (χ4v) is 4.06. The number of ether oxygens (including phenoxy) is 3. The Kier molecular flexibility index (Phi) is 12.5. The lowest BCUT2D eigenvalue weighted by Gasteiger charge is -2.42. The molecule has 0 bridgehead atoms. The Bertz CT molecular complexity index is 835. The molecule has 212 valence electrons. The largest absolute Gasteiger partial charge is 0.490 e. The van der Waals surface area contributed by atoms with Crippen LogP contribution in [0.2, 0.25) is 0 Å². The molecule has 0 amide bonds. The van der Waals surface area contributed by atoms with Crippen LogP contribution in [0.25, 0.3) is 0 Å². The number of carboxylic acids is 2. The van der Waals surface area contributed by atoms with Gasteiger partial charge in [0, 0.05) is 51.7 Å². The lowest BCUT2D eigenvalue weighted by Crippen LogP contribution is -2.47. The van der Waals surface area contributed by atoms with Crippen LogP contribution >= 0.6 is 0 Å². The molecule has 0 aliphatic carbocycles. The lowest BCUT2D eigenvalue weighted by molar-refractivity contribution is -0.193. The summed E-state index contributed by atoms with van der Waals surface area (Å²) >= 11 is 0. The normalized spacial score (nSPS) is 19.3. The van der Waals surface area contributed by atoms with E-state index in [0.29, 0.717) is 5.92 Å². The molecule has 2 aliphatic heterocycles. The van der Waals surface area contributed by atoms with Crippen LogP contribution in [-0.2, 0) is 25.6 Å². The van der Waals surface area contributed by atoms with Crippen molar-refractivity contribution in [2.45, 2.75) is 50.2 Å². The summed E-state index contributed by atoms with van der Waals surface area (Å²) in [4.78, 5) is 24.6. The summed E-state index contributed by atoms with van der Waals surface area (Å²) in [5.74, 6) is -4.12. The molecule has 15 heteroatoms. The number of methoxy groups -OCH3 is 2. The van der Waals surface area contributed by atoms with Gasteiger partial charge in [0.2, 0.25) is 5.88 Å². The Labute approximate surface area is 209 Å². The molecule has 1 spiro atoms. The van der Waals surface area contributed by atoms with E-state index in [0.717, 1.165) is 63.6 Å². The minimum absolute atomic E-state index is 0.0913. The van der Waals surface area contributed by atoms with Crippen LogP contribution in [0.4, 0.5) is 26.3 Å². The molecule has 2 saturated heterocycles. The predicted octanol–water partition coefficient (Wildman–Crippen LogP) is 3.76. The number of halogens is 6. The molecule has 37 heavy (non-hydrogen) atoms. The smallest absolute Gasteiger partial charge is 0.481 e. The van der Waals surface area contributed by atoms with Crippen molar-refractivity contribution in [1.82, 2.24) is 9.88 Å². The number of likely N-dealkylation sites (tertiary alicyclic amines) is 1. The quantitative estimate of drug-likeness (QED) is 0.513. The van der Waals surface area contributed by atoms with Gasteiger partial charge in [-0.05, 0) is 37.7 Å². The van der Waals surface area contributed by atoms with Crippen molar-refractivity contribution in [2.24, 2.45) is 5.92 Å². The molecule has 3 rings (SSSR count). The molecule has 1 aromatic rings. The first-order valence-corrected chi connectivity index (χ1v) is 11.1. The van der Waals surface area contributed by atoms with Crippen molar-refractivity contribution < 1.29 is 60.4 Å². The average molecular weight is 548 g/mol. The number of hydrogen-bond acceptors (Lipinski definition) is 7. The molecule has 2 N–H and O–H groups in total. The highest BCUT2D eigenvalue weighted by molar-refractivity contribution is 5.73. The second-order valence-corrected chi connectivity index (χ2v) is 8.23. The van der Waals surface area contributed by atoms with Crippen molar-refractivity contribution in [2.75, 3.05) is 40.5 Å². The molecule has 2 aliphatic rings. The molecule has 0 saturated carbocycles. The monoisotopic (exact) mass is 548 g/mol. The van der Waals surface area contributed by atoms with Crippen molar-refractivity contribution in [3.05, 3.63) is 23.9 Å². The fourth-order valence-electron chi connectivity index (χ4n) is 4.06. The van der Waals surface area contributed by atoms with Crippen LogP contribution < -0.4 is 4.74 Å². The van der Waals surface area contributed by atoms with Crippen LogP contribution in [0, 0.1) is 5.92 Å². The highest BCUT2D eigenvalue weighted by Crippen LogP contribution is 2.42. The summed E-state index contributed by atoms with van der Waals surface area (Å²) in [7, 11) is 3.47. The Hall–Kier alpha value is -2.65. The number of alkyl halides is 6. The number of aliphatic carboxylic acids is 2. The molecule has 3 heterocycles. The van der Waals surface area contributed by atoms with Crippen LogP contribution in [0.1, 0.15) is 31.2 Å². The van der Waals surface area contributed by atoms with Crippen molar-refractivity contribution in [3.63, 3.8) is 0 Å². The minimum atomic E-state index is -5.08. The lowest BCUT2D eigenvalue weighted by atomic mass is 9.78. The third-order valence-electron chi connectivity index (χ3n) is 5.89. The number of piperidine rings is 1. The Balaban J connectivity index is 0.000000404. The minimum Gasteiger partial charge on any atom is -0.481 e. The standard InChI is InChI=1S/C18H28N2O3.2C2HF3O2/c1-21-12-5-16-6-13-23-18(16)7-10-20(11-8-18)14-15-4-3-9-19-17(15)22-2;2*3-2(4,5)1(6)7/h3-4,9,16H,5-8,10-14H2,1-2H3;2*(H,6,7). The number of carbonyl (C=O) groups is 2. The van der Waals surface area contributed by atoms with Crippen molar-refractivity contribution in [1.29, 1.82) is 0 Å². The summed E-state index contributed by atoms with van der Waals surface area (Å²) < 4.78 is 80.3. The Morgan fingerprint density at radius 2 is 1.65 bits per heavy atom. The van der Waals surface area contributed by atoms with Crippen LogP contribution in [0.5, 0.6) is 5.88 Å². The average Bonchev–Trinajstić information content (AvgIpc) is 3.21. The number of aromatic nitrogens is 1. The van der Waals surface area contributed by atoms with Gasteiger partial charge in [-0.15, -0.1) is 0 Å². The topological polar surface area (TPSA) is 118 Å². The van der Waals surface area contributed by atoms with Crippen molar-refractivity contribution >= 4 is 11.9 Å². The zero-order valence-corrected chi connectivity index (χ0v) is 20.3. The zero-order chi connectivity index (χ0) is 28.3.